The van der Waals surface area contributed by atoms with Crippen molar-refractivity contribution in [2.75, 3.05) is 6.54 Å². The molecule has 0 amide bonds. The lowest BCUT2D eigenvalue weighted by molar-refractivity contribution is 0.0990. The molecule has 1 N–H and O–H groups in total. The number of thiophene rings is 1. The summed E-state index contributed by atoms with van der Waals surface area (Å²) in [4.78, 5) is 1.41. The van der Waals surface area contributed by atoms with E-state index < -0.39 is 0 Å². The van der Waals surface area contributed by atoms with E-state index >= 15 is 0 Å². The molecule has 0 spiro atoms. The smallest absolute Gasteiger partial charge is 0.0931 e. The monoisotopic (exact) mass is 299 g/mol. The zero-order valence-electron chi connectivity index (χ0n) is 12.3. The van der Waals surface area contributed by atoms with E-state index in [1.165, 1.54) is 30.6 Å². The van der Waals surface area contributed by atoms with Crippen molar-refractivity contribution in [2.45, 2.75) is 58.9 Å². The van der Waals surface area contributed by atoms with Crippen LogP contribution in [0.1, 0.15) is 51.3 Å². The standard InChI is InChI=1S/C16H26ClNS/c1-4-18-14(11-12-8-9-15(17)19-12)13-7-5-6-10-16(13,2)3/h8-9,13-14,18H,4-7,10-11H2,1-3H3. The predicted octanol–water partition coefficient (Wildman–Crippen LogP) is 5.14. The van der Waals surface area contributed by atoms with Gasteiger partial charge >= 0.3 is 0 Å². The van der Waals surface area contributed by atoms with Gasteiger partial charge in [0.05, 0.1) is 4.34 Å². The average molecular weight is 300 g/mol. The maximum atomic E-state index is 6.06. The fourth-order valence-corrected chi connectivity index (χ4v) is 4.71. The van der Waals surface area contributed by atoms with Crippen molar-refractivity contribution in [1.82, 2.24) is 5.32 Å². The summed E-state index contributed by atoms with van der Waals surface area (Å²) in [6.45, 7) is 8.16. The molecular formula is C16H26ClNS. The van der Waals surface area contributed by atoms with Crippen LogP contribution < -0.4 is 5.32 Å². The summed E-state index contributed by atoms with van der Waals surface area (Å²) in [5.74, 6) is 0.780. The maximum Gasteiger partial charge on any atom is 0.0931 e. The molecule has 1 aromatic heterocycles. The van der Waals surface area contributed by atoms with Crippen molar-refractivity contribution in [3.63, 3.8) is 0 Å². The van der Waals surface area contributed by atoms with Crippen LogP contribution in [0.15, 0.2) is 12.1 Å². The van der Waals surface area contributed by atoms with E-state index in [1.807, 2.05) is 6.07 Å². The summed E-state index contributed by atoms with van der Waals surface area (Å²) in [6.07, 6.45) is 6.64. The molecule has 3 heteroatoms. The minimum Gasteiger partial charge on any atom is -0.314 e. The number of likely N-dealkylation sites (N-methyl/N-ethyl adjacent to an activating group) is 1. The Balaban J connectivity index is 2.10. The van der Waals surface area contributed by atoms with E-state index in [0.29, 0.717) is 11.5 Å². The highest BCUT2D eigenvalue weighted by atomic mass is 35.5. The van der Waals surface area contributed by atoms with Gasteiger partial charge in [-0.3, -0.25) is 0 Å². The second-order valence-corrected chi connectivity index (χ2v) is 8.21. The molecule has 0 aliphatic heterocycles. The van der Waals surface area contributed by atoms with Gasteiger partial charge < -0.3 is 5.32 Å². The van der Waals surface area contributed by atoms with E-state index in [9.17, 15) is 0 Å². The van der Waals surface area contributed by atoms with E-state index in [2.05, 4.69) is 32.2 Å². The molecule has 1 fully saturated rings. The van der Waals surface area contributed by atoms with Gasteiger partial charge in [0.15, 0.2) is 0 Å². The van der Waals surface area contributed by atoms with Gasteiger partial charge in [-0.05, 0) is 49.3 Å². The topological polar surface area (TPSA) is 12.0 Å². The van der Waals surface area contributed by atoms with E-state index in [1.54, 1.807) is 11.3 Å². The maximum absolute atomic E-state index is 6.06. The normalized spacial score (nSPS) is 24.3. The van der Waals surface area contributed by atoms with Crippen molar-refractivity contribution in [3.05, 3.63) is 21.3 Å². The van der Waals surface area contributed by atoms with Crippen molar-refractivity contribution in [2.24, 2.45) is 11.3 Å². The van der Waals surface area contributed by atoms with Gasteiger partial charge in [0, 0.05) is 10.9 Å². The third-order valence-electron chi connectivity index (χ3n) is 4.59. The molecule has 0 aromatic carbocycles. The lowest BCUT2D eigenvalue weighted by Crippen LogP contribution is -2.45. The molecule has 108 valence electrons. The first-order chi connectivity index (χ1) is 9.03. The van der Waals surface area contributed by atoms with Crippen LogP contribution in [0.4, 0.5) is 0 Å². The second-order valence-electron chi connectivity index (χ2n) is 6.41. The summed E-state index contributed by atoms with van der Waals surface area (Å²) >= 11 is 7.79. The summed E-state index contributed by atoms with van der Waals surface area (Å²) < 4.78 is 0.910. The lowest BCUT2D eigenvalue weighted by Gasteiger charge is -2.43. The number of rotatable bonds is 5. The summed E-state index contributed by atoms with van der Waals surface area (Å²) in [5, 5.41) is 3.73. The Labute approximate surface area is 126 Å². The van der Waals surface area contributed by atoms with Crippen molar-refractivity contribution >= 4 is 22.9 Å². The Morgan fingerprint density at radius 3 is 2.79 bits per heavy atom. The SMILES string of the molecule is CCNC(Cc1ccc(Cl)s1)C1CCCCC1(C)C. The second kappa shape index (κ2) is 6.60. The van der Waals surface area contributed by atoms with Crippen LogP contribution >= 0.6 is 22.9 Å². The molecule has 1 nitrogen and oxygen atoms in total. The zero-order chi connectivity index (χ0) is 13.9. The minimum atomic E-state index is 0.464. The highest BCUT2D eigenvalue weighted by molar-refractivity contribution is 7.16. The summed E-state index contributed by atoms with van der Waals surface area (Å²) in [7, 11) is 0. The first kappa shape index (κ1) is 15.3. The van der Waals surface area contributed by atoms with Gasteiger partial charge in [-0.25, -0.2) is 0 Å². The molecule has 19 heavy (non-hydrogen) atoms. The van der Waals surface area contributed by atoms with Gasteiger partial charge in [-0.2, -0.15) is 0 Å². The van der Waals surface area contributed by atoms with Crippen LogP contribution in [-0.2, 0) is 6.42 Å². The molecule has 1 saturated carbocycles. The van der Waals surface area contributed by atoms with Gasteiger partial charge in [0.2, 0.25) is 0 Å². The molecule has 1 aliphatic carbocycles. The quantitative estimate of drug-likeness (QED) is 0.794. The molecule has 0 bridgehead atoms. The van der Waals surface area contributed by atoms with Crippen molar-refractivity contribution in [1.29, 1.82) is 0 Å². The number of halogens is 1. The molecule has 2 atom stereocenters. The Morgan fingerprint density at radius 2 is 2.21 bits per heavy atom. The molecule has 1 aromatic rings. The van der Waals surface area contributed by atoms with Crippen molar-refractivity contribution < 1.29 is 0 Å². The molecule has 2 rings (SSSR count). The molecule has 1 aliphatic rings. The number of hydrogen-bond donors (Lipinski definition) is 1. The van der Waals surface area contributed by atoms with Crippen LogP contribution in [0.5, 0.6) is 0 Å². The van der Waals surface area contributed by atoms with Gasteiger partial charge in [-0.15, -0.1) is 11.3 Å². The Bertz CT molecular complexity index is 399. The van der Waals surface area contributed by atoms with Crippen molar-refractivity contribution in [3.8, 4) is 0 Å². The molecule has 2 unspecified atom stereocenters. The fourth-order valence-electron chi connectivity index (χ4n) is 3.56. The number of nitrogens with one attached hydrogen (secondary N) is 1. The average Bonchev–Trinajstić information content (AvgIpc) is 2.74. The third kappa shape index (κ3) is 3.96. The van der Waals surface area contributed by atoms with E-state index in [4.69, 9.17) is 11.6 Å². The Kier molecular flexibility index (Phi) is 5.33. The van der Waals surface area contributed by atoms with Crippen LogP contribution in [-0.4, -0.2) is 12.6 Å². The third-order valence-corrected chi connectivity index (χ3v) is 5.85. The highest BCUT2D eigenvalue weighted by Crippen LogP contribution is 2.43. The largest absolute Gasteiger partial charge is 0.314 e. The zero-order valence-corrected chi connectivity index (χ0v) is 13.9. The molecule has 0 radical (unpaired) electrons. The van der Waals surface area contributed by atoms with E-state index in [-0.39, 0.29) is 0 Å². The molecule has 1 heterocycles. The Hall–Kier alpha value is -0.0500. The van der Waals surface area contributed by atoms with Crippen LogP contribution in [0, 0.1) is 11.3 Å². The molecular weight excluding hydrogens is 274 g/mol. The molecule has 0 saturated heterocycles. The number of hydrogen-bond acceptors (Lipinski definition) is 2. The first-order valence-electron chi connectivity index (χ1n) is 7.50. The fraction of sp³-hybridized carbons (Fsp3) is 0.750. The van der Waals surface area contributed by atoms with Crippen LogP contribution in [0.25, 0.3) is 0 Å². The summed E-state index contributed by atoms with van der Waals surface area (Å²) in [5.41, 5.74) is 0.464. The highest BCUT2D eigenvalue weighted by Gasteiger charge is 2.37. The Morgan fingerprint density at radius 1 is 1.42 bits per heavy atom. The summed E-state index contributed by atoms with van der Waals surface area (Å²) in [6, 6.07) is 4.80. The van der Waals surface area contributed by atoms with Crippen LogP contribution in [0.2, 0.25) is 4.34 Å². The van der Waals surface area contributed by atoms with Crippen LogP contribution in [0.3, 0.4) is 0 Å². The first-order valence-corrected chi connectivity index (χ1v) is 8.70. The van der Waals surface area contributed by atoms with E-state index in [0.717, 1.165) is 23.2 Å². The van der Waals surface area contributed by atoms with Gasteiger partial charge in [0.25, 0.3) is 0 Å². The lowest BCUT2D eigenvalue weighted by atomic mass is 9.65. The van der Waals surface area contributed by atoms with Gasteiger partial charge in [0.1, 0.15) is 0 Å². The minimum absolute atomic E-state index is 0.464. The predicted molar refractivity (Wildman–Crippen MR) is 86.2 cm³/mol. The van der Waals surface area contributed by atoms with Gasteiger partial charge in [-0.1, -0.05) is 45.2 Å².